The van der Waals surface area contributed by atoms with Gasteiger partial charge in [-0.3, -0.25) is 0 Å². The molecular weight excluding hydrogens is 285 g/mol. The lowest BCUT2D eigenvalue weighted by Crippen LogP contribution is -2.24. The van der Waals surface area contributed by atoms with E-state index >= 15 is 0 Å². The Morgan fingerprint density at radius 2 is 2.00 bits per heavy atom. The molecule has 0 saturated heterocycles. The molecule has 1 aliphatic rings. The summed E-state index contributed by atoms with van der Waals surface area (Å²) < 4.78 is 5.66. The van der Waals surface area contributed by atoms with Gasteiger partial charge in [0.1, 0.15) is 0 Å². The van der Waals surface area contributed by atoms with Crippen LogP contribution in [0.3, 0.4) is 0 Å². The average molecular weight is 302 g/mol. The SMILES string of the molecule is CCCCO[C@@H]1ON=C(c2c(Cl)cccc2Cl)[C@@H]1C. The van der Waals surface area contributed by atoms with Crippen molar-refractivity contribution in [3.8, 4) is 0 Å². The third-order valence-electron chi connectivity index (χ3n) is 3.09. The zero-order valence-corrected chi connectivity index (χ0v) is 12.5. The molecule has 5 heteroatoms. The van der Waals surface area contributed by atoms with Gasteiger partial charge in [-0.2, -0.15) is 0 Å². The van der Waals surface area contributed by atoms with Crippen molar-refractivity contribution in [2.75, 3.05) is 6.61 Å². The van der Waals surface area contributed by atoms with Crippen LogP contribution >= 0.6 is 23.2 Å². The normalized spacial score (nSPS) is 22.2. The fraction of sp³-hybridized carbons (Fsp3) is 0.500. The van der Waals surface area contributed by atoms with Crippen molar-refractivity contribution in [3.05, 3.63) is 33.8 Å². The Morgan fingerprint density at radius 1 is 1.32 bits per heavy atom. The average Bonchev–Trinajstić information content (AvgIpc) is 2.72. The fourth-order valence-electron chi connectivity index (χ4n) is 1.95. The van der Waals surface area contributed by atoms with Gasteiger partial charge < -0.3 is 9.57 Å². The van der Waals surface area contributed by atoms with E-state index in [4.69, 9.17) is 32.8 Å². The predicted molar refractivity (Wildman–Crippen MR) is 77.9 cm³/mol. The Balaban J connectivity index is 2.11. The molecule has 0 fully saturated rings. The van der Waals surface area contributed by atoms with Gasteiger partial charge in [0.15, 0.2) is 0 Å². The van der Waals surface area contributed by atoms with E-state index in [9.17, 15) is 0 Å². The molecule has 0 bridgehead atoms. The Hall–Kier alpha value is -0.770. The van der Waals surface area contributed by atoms with Gasteiger partial charge in [-0.05, 0) is 18.6 Å². The van der Waals surface area contributed by atoms with Crippen molar-refractivity contribution < 1.29 is 9.57 Å². The third kappa shape index (κ3) is 3.22. The molecule has 2 atom stereocenters. The van der Waals surface area contributed by atoms with Crippen LogP contribution in [0.25, 0.3) is 0 Å². The van der Waals surface area contributed by atoms with Crippen molar-refractivity contribution in [3.63, 3.8) is 0 Å². The maximum absolute atomic E-state index is 6.19. The second-order valence-electron chi connectivity index (χ2n) is 4.56. The quantitative estimate of drug-likeness (QED) is 0.749. The number of nitrogens with zero attached hydrogens (tertiary/aromatic N) is 1. The minimum atomic E-state index is -0.353. The highest BCUT2D eigenvalue weighted by atomic mass is 35.5. The maximum Gasteiger partial charge on any atom is 0.235 e. The summed E-state index contributed by atoms with van der Waals surface area (Å²) in [7, 11) is 0. The van der Waals surface area contributed by atoms with Crippen LogP contribution in [-0.4, -0.2) is 18.6 Å². The van der Waals surface area contributed by atoms with E-state index in [1.165, 1.54) is 0 Å². The van der Waals surface area contributed by atoms with E-state index in [0.717, 1.165) is 24.1 Å². The van der Waals surface area contributed by atoms with Crippen molar-refractivity contribution >= 4 is 28.9 Å². The molecule has 1 heterocycles. The molecule has 0 radical (unpaired) electrons. The zero-order chi connectivity index (χ0) is 13.8. The summed E-state index contributed by atoms with van der Waals surface area (Å²) in [5.41, 5.74) is 1.48. The number of oxime groups is 1. The highest BCUT2D eigenvalue weighted by molar-refractivity contribution is 6.40. The number of unbranched alkanes of at least 4 members (excludes halogenated alkanes) is 1. The predicted octanol–water partition coefficient (Wildman–Crippen LogP) is 4.51. The lowest BCUT2D eigenvalue weighted by Gasteiger charge is -2.16. The molecule has 1 aromatic carbocycles. The molecule has 19 heavy (non-hydrogen) atoms. The van der Waals surface area contributed by atoms with E-state index in [2.05, 4.69) is 12.1 Å². The first-order valence-electron chi connectivity index (χ1n) is 6.44. The van der Waals surface area contributed by atoms with Crippen molar-refractivity contribution in [1.82, 2.24) is 0 Å². The monoisotopic (exact) mass is 301 g/mol. The summed E-state index contributed by atoms with van der Waals surface area (Å²) in [5.74, 6) is 0.00857. The second kappa shape index (κ2) is 6.60. The summed E-state index contributed by atoms with van der Waals surface area (Å²) in [6, 6.07) is 5.40. The van der Waals surface area contributed by atoms with Crippen molar-refractivity contribution in [1.29, 1.82) is 0 Å². The molecule has 0 aromatic heterocycles. The van der Waals surface area contributed by atoms with Crippen LogP contribution in [0.1, 0.15) is 32.3 Å². The van der Waals surface area contributed by atoms with Crippen molar-refractivity contribution in [2.24, 2.45) is 11.1 Å². The lowest BCUT2D eigenvalue weighted by molar-refractivity contribution is -0.142. The van der Waals surface area contributed by atoms with Crippen LogP contribution in [0.2, 0.25) is 10.0 Å². The summed E-state index contributed by atoms with van der Waals surface area (Å²) in [4.78, 5) is 5.34. The molecule has 0 aliphatic carbocycles. The minimum absolute atomic E-state index is 0.00857. The molecule has 0 amide bonds. The molecule has 1 aliphatic heterocycles. The number of halogens is 2. The number of ether oxygens (including phenoxy) is 1. The Morgan fingerprint density at radius 3 is 2.63 bits per heavy atom. The topological polar surface area (TPSA) is 30.8 Å². The van der Waals surface area contributed by atoms with Gasteiger partial charge in [0.25, 0.3) is 0 Å². The standard InChI is InChI=1S/C14H17Cl2NO2/c1-3-4-8-18-14-9(2)13(17-19-14)12-10(15)6-5-7-11(12)16/h5-7,9,14H,3-4,8H2,1-2H3/t9-,14+/m0/s1. The van der Waals surface area contributed by atoms with E-state index in [0.29, 0.717) is 16.7 Å². The molecular formula is C14H17Cl2NO2. The van der Waals surface area contributed by atoms with E-state index in [-0.39, 0.29) is 12.2 Å². The number of rotatable bonds is 5. The first-order chi connectivity index (χ1) is 9.15. The third-order valence-corrected chi connectivity index (χ3v) is 3.72. The van der Waals surface area contributed by atoms with Crippen molar-refractivity contribution in [2.45, 2.75) is 33.0 Å². The van der Waals surface area contributed by atoms with Crippen LogP contribution in [0.4, 0.5) is 0 Å². The van der Waals surface area contributed by atoms with E-state index < -0.39 is 0 Å². The van der Waals surface area contributed by atoms with Crippen LogP contribution in [0.15, 0.2) is 23.4 Å². The largest absolute Gasteiger partial charge is 0.363 e. The number of hydrogen-bond donors (Lipinski definition) is 0. The van der Waals surface area contributed by atoms with Gasteiger partial charge in [0.2, 0.25) is 6.29 Å². The van der Waals surface area contributed by atoms with Gasteiger partial charge in [-0.1, -0.05) is 54.7 Å². The van der Waals surface area contributed by atoms with Gasteiger partial charge in [0.05, 0.1) is 28.3 Å². The molecule has 0 saturated carbocycles. The highest BCUT2D eigenvalue weighted by Gasteiger charge is 2.33. The van der Waals surface area contributed by atoms with Gasteiger partial charge in [-0.15, -0.1) is 0 Å². The molecule has 104 valence electrons. The van der Waals surface area contributed by atoms with Gasteiger partial charge >= 0.3 is 0 Å². The summed E-state index contributed by atoms with van der Waals surface area (Å²) in [6.07, 6.45) is 1.74. The molecule has 3 nitrogen and oxygen atoms in total. The lowest BCUT2D eigenvalue weighted by atomic mass is 9.98. The number of benzene rings is 1. The van der Waals surface area contributed by atoms with E-state index in [1.807, 2.05) is 13.0 Å². The Labute approximate surface area is 123 Å². The molecule has 0 unspecified atom stereocenters. The highest BCUT2D eigenvalue weighted by Crippen LogP contribution is 2.32. The fourth-order valence-corrected chi connectivity index (χ4v) is 2.54. The second-order valence-corrected chi connectivity index (χ2v) is 5.37. The summed E-state index contributed by atoms with van der Waals surface area (Å²) in [5, 5.41) is 5.25. The first-order valence-corrected chi connectivity index (χ1v) is 7.20. The zero-order valence-electron chi connectivity index (χ0n) is 11.0. The Bertz CT molecular complexity index is 456. The Kier molecular flexibility index (Phi) is 5.08. The molecule has 0 N–H and O–H groups in total. The molecule has 0 spiro atoms. The van der Waals surface area contributed by atoms with Crippen LogP contribution in [0, 0.1) is 5.92 Å². The van der Waals surface area contributed by atoms with Crippen LogP contribution in [-0.2, 0) is 9.57 Å². The van der Waals surface area contributed by atoms with Crippen LogP contribution in [0.5, 0.6) is 0 Å². The molecule has 1 aromatic rings. The smallest absolute Gasteiger partial charge is 0.235 e. The van der Waals surface area contributed by atoms with Gasteiger partial charge in [0, 0.05) is 5.56 Å². The molecule has 2 rings (SSSR count). The maximum atomic E-state index is 6.19. The number of hydrogen-bond acceptors (Lipinski definition) is 3. The summed E-state index contributed by atoms with van der Waals surface area (Å²) >= 11 is 12.4. The first kappa shape index (κ1) is 14.6. The summed E-state index contributed by atoms with van der Waals surface area (Å²) in [6.45, 7) is 4.79. The minimum Gasteiger partial charge on any atom is -0.363 e. The van der Waals surface area contributed by atoms with Gasteiger partial charge in [-0.25, -0.2) is 0 Å². The van der Waals surface area contributed by atoms with E-state index in [1.54, 1.807) is 12.1 Å². The van der Waals surface area contributed by atoms with Crippen LogP contribution < -0.4 is 0 Å².